The fourth-order valence-corrected chi connectivity index (χ4v) is 4.00. The average Bonchev–Trinajstić information content (AvgIpc) is 2.61. The van der Waals surface area contributed by atoms with E-state index in [9.17, 15) is 5.11 Å². The van der Waals surface area contributed by atoms with Crippen LogP contribution in [0.4, 0.5) is 5.69 Å². The van der Waals surface area contributed by atoms with Gasteiger partial charge in [0.25, 0.3) is 0 Å². The molecule has 23 heavy (non-hydrogen) atoms. The number of nitrogens with zero attached hydrogens (tertiary/aromatic N) is 2. The summed E-state index contributed by atoms with van der Waals surface area (Å²) in [6.45, 7) is 3.57. The normalized spacial score (nSPS) is 22.3. The first-order valence-electron chi connectivity index (χ1n) is 9.23. The number of nitrogens with one attached hydrogen (secondary N) is 1. The van der Waals surface area contributed by atoms with Crippen molar-refractivity contribution in [1.82, 2.24) is 9.88 Å². The molecule has 2 fully saturated rings. The van der Waals surface area contributed by atoms with Gasteiger partial charge in [-0.3, -0.25) is 4.98 Å². The van der Waals surface area contributed by atoms with E-state index in [0.717, 1.165) is 50.3 Å². The molecule has 1 saturated carbocycles. The van der Waals surface area contributed by atoms with Crippen LogP contribution in [0.5, 0.6) is 0 Å². The molecular formula is C19H30N3O. The number of aliphatic hydroxyl groups is 1. The van der Waals surface area contributed by atoms with Gasteiger partial charge < -0.3 is 15.3 Å². The van der Waals surface area contributed by atoms with E-state index in [4.69, 9.17) is 0 Å². The first-order chi connectivity index (χ1) is 11.3. The van der Waals surface area contributed by atoms with Crippen molar-refractivity contribution in [3.63, 3.8) is 0 Å². The number of hydrogen-bond donors (Lipinski definition) is 2. The Hall–Kier alpha value is -1.13. The van der Waals surface area contributed by atoms with Crippen LogP contribution >= 0.6 is 0 Å². The minimum atomic E-state index is 0.720. The summed E-state index contributed by atoms with van der Waals surface area (Å²) in [4.78, 5) is 6.72. The summed E-state index contributed by atoms with van der Waals surface area (Å²) in [6.07, 6.45) is 13.8. The van der Waals surface area contributed by atoms with Crippen molar-refractivity contribution in [2.24, 2.45) is 5.92 Å². The topological polar surface area (TPSA) is 48.4 Å². The fourth-order valence-electron chi connectivity index (χ4n) is 4.00. The second kappa shape index (κ2) is 8.65. The van der Waals surface area contributed by atoms with Crippen molar-refractivity contribution in [2.75, 3.05) is 25.0 Å². The lowest BCUT2D eigenvalue weighted by Gasteiger charge is -2.40. The largest absolute Gasteiger partial charge is 0.387 e. The van der Waals surface area contributed by atoms with Crippen molar-refractivity contribution < 1.29 is 5.11 Å². The molecule has 2 aliphatic rings. The number of piperidine rings is 1. The highest BCUT2D eigenvalue weighted by atomic mass is 16.3. The molecule has 2 heterocycles. The first-order valence-corrected chi connectivity index (χ1v) is 9.23. The smallest absolute Gasteiger partial charge is 0.0934 e. The number of likely N-dealkylation sites (tertiary alicyclic amines) is 1. The van der Waals surface area contributed by atoms with Crippen molar-refractivity contribution >= 4 is 5.69 Å². The highest BCUT2D eigenvalue weighted by Gasteiger charge is 2.28. The molecule has 0 aromatic carbocycles. The molecule has 1 aliphatic heterocycles. The predicted octanol–water partition coefficient (Wildman–Crippen LogP) is 3.83. The summed E-state index contributed by atoms with van der Waals surface area (Å²) < 4.78 is 0. The Kier molecular flexibility index (Phi) is 6.29. The Balaban J connectivity index is 1.29. The Labute approximate surface area is 140 Å². The zero-order valence-electron chi connectivity index (χ0n) is 14.1. The van der Waals surface area contributed by atoms with Gasteiger partial charge in [0.05, 0.1) is 6.10 Å². The molecule has 1 aromatic rings. The van der Waals surface area contributed by atoms with Gasteiger partial charge in [0.1, 0.15) is 0 Å². The van der Waals surface area contributed by atoms with E-state index < -0.39 is 0 Å². The molecule has 1 saturated heterocycles. The van der Waals surface area contributed by atoms with E-state index in [0.29, 0.717) is 0 Å². The van der Waals surface area contributed by atoms with E-state index in [1.54, 1.807) is 0 Å². The lowest BCUT2D eigenvalue weighted by molar-refractivity contribution is 0.0896. The number of rotatable bonds is 6. The fraction of sp³-hybridized carbons (Fsp3) is 0.684. The van der Waals surface area contributed by atoms with Crippen molar-refractivity contribution in [3.05, 3.63) is 30.6 Å². The van der Waals surface area contributed by atoms with Gasteiger partial charge in [-0.25, -0.2) is 0 Å². The second-order valence-electron chi connectivity index (χ2n) is 7.08. The van der Waals surface area contributed by atoms with E-state index in [-0.39, 0.29) is 0 Å². The lowest BCUT2D eigenvalue weighted by atomic mass is 9.87. The van der Waals surface area contributed by atoms with Crippen molar-refractivity contribution in [3.8, 4) is 0 Å². The summed E-state index contributed by atoms with van der Waals surface area (Å²) in [6, 6.07) is 4.77. The van der Waals surface area contributed by atoms with Gasteiger partial charge >= 0.3 is 0 Å². The molecule has 1 aliphatic carbocycles. The van der Waals surface area contributed by atoms with E-state index in [1.165, 1.54) is 44.5 Å². The Bertz CT molecular complexity index is 437. The van der Waals surface area contributed by atoms with Crippen LogP contribution in [0.25, 0.3) is 0 Å². The third-order valence-corrected chi connectivity index (χ3v) is 5.50. The molecule has 0 atom stereocenters. The monoisotopic (exact) mass is 316 g/mol. The van der Waals surface area contributed by atoms with Crippen LogP contribution in [0, 0.1) is 12.0 Å². The van der Waals surface area contributed by atoms with Crippen molar-refractivity contribution in [1.29, 1.82) is 0 Å². The van der Waals surface area contributed by atoms with Crippen LogP contribution in [0.3, 0.4) is 0 Å². The molecule has 127 valence electrons. The van der Waals surface area contributed by atoms with Gasteiger partial charge in [-0.1, -0.05) is 0 Å². The van der Waals surface area contributed by atoms with Gasteiger partial charge in [0, 0.05) is 30.7 Å². The minimum absolute atomic E-state index is 0.720. The number of pyridine rings is 1. The van der Waals surface area contributed by atoms with Gasteiger partial charge in [0.15, 0.2) is 0 Å². The summed E-state index contributed by atoms with van der Waals surface area (Å²) in [5.74, 6) is 0.897. The third-order valence-electron chi connectivity index (χ3n) is 5.50. The van der Waals surface area contributed by atoms with Crippen LogP contribution < -0.4 is 5.32 Å². The summed E-state index contributed by atoms with van der Waals surface area (Å²) >= 11 is 0. The van der Waals surface area contributed by atoms with E-state index in [2.05, 4.69) is 15.2 Å². The Morgan fingerprint density at radius 3 is 2.48 bits per heavy atom. The van der Waals surface area contributed by atoms with Gasteiger partial charge in [0.2, 0.25) is 0 Å². The zero-order valence-corrected chi connectivity index (χ0v) is 14.1. The van der Waals surface area contributed by atoms with Crippen LogP contribution in [-0.2, 0) is 0 Å². The van der Waals surface area contributed by atoms with Crippen LogP contribution in [0.15, 0.2) is 24.5 Å². The molecule has 4 heteroatoms. The standard InChI is InChI=1S/C19H30N3O/c23-19-5-3-18(4-6-19)22-14-9-16(10-15-22)2-1-11-21-17-7-12-20-13-8-17/h7-8,12-13,16,18,23H,1-6,9-11,14-15H2,(H,20,21). The highest BCUT2D eigenvalue weighted by molar-refractivity contribution is 5.40. The van der Waals surface area contributed by atoms with Crippen LogP contribution in [0.1, 0.15) is 51.4 Å². The highest BCUT2D eigenvalue weighted by Crippen LogP contribution is 2.30. The van der Waals surface area contributed by atoms with Gasteiger partial charge in [-0.15, -0.1) is 0 Å². The third kappa shape index (κ3) is 5.18. The number of aromatic nitrogens is 1. The Morgan fingerprint density at radius 1 is 1.09 bits per heavy atom. The first kappa shape index (κ1) is 16.7. The predicted molar refractivity (Wildman–Crippen MR) is 93.7 cm³/mol. The van der Waals surface area contributed by atoms with Crippen LogP contribution in [-0.4, -0.2) is 40.7 Å². The molecule has 0 spiro atoms. The molecule has 3 rings (SSSR count). The summed E-state index contributed by atoms with van der Waals surface area (Å²) in [7, 11) is 0. The molecule has 1 aromatic heterocycles. The SMILES string of the molecule is O[C]1CCC(N2CCC(CCCNc3ccncc3)CC2)CC1. The van der Waals surface area contributed by atoms with Gasteiger partial charge in [-0.05, 0) is 82.5 Å². The molecule has 0 bridgehead atoms. The summed E-state index contributed by atoms with van der Waals surface area (Å²) in [5, 5.41) is 13.0. The maximum Gasteiger partial charge on any atom is 0.0934 e. The maximum absolute atomic E-state index is 9.56. The number of anilines is 1. The molecule has 0 amide bonds. The van der Waals surface area contributed by atoms with E-state index >= 15 is 0 Å². The Morgan fingerprint density at radius 2 is 1.78 bits per heavy atom. The number of aliphatic hydroxyl groups excluding tert-OH is 1. The quantitative estimate of drug-likeness (QED) is 0.783. The van der Waals surface area contributed by atoms with Crippen molar-refractivity contribution in [2.45, 2.75) is 57.4 Å². The molecule has 0 unspecified atom stereocenters. The van der Waals surface area contributed by atoms with Crippen LogP contribution in [0.2, 0.25) is 0 Å². The zero-order chi connectivity index (χ0) is 15.9. The van der Waals surface area contributed by atoms with E-state index in [1.807, 2.05) is 24.5 Å². The molecule has 1 radical (unpaired) electrons. The number of hydrogen-bond acceptors (Lipinski definition) is 4. The second-order valence-corrected chi connectivity index (χ2v) is 7.08. The summed E-state index contributed by atoms with van der Waals surface area (Å²) in [5.41, 5.74) is 1.17. The maximum atomic E-state index is 9.56. The molecular weight excluding hydrogens is 286 g/mol. The molecule has 4 nitrogen and oxygen atoms in total. The molecule has 2 N–H and O–H groups in total. The minimum Gasteiger partial charge on any atom is -0.387 e. The average molecular weight is 316 g/mol. The van der Waals surface area contributed by atoms with Gasteiger partial charge in [-0.2, -0.15) is 0 Å². The lowest BCUT2D eigenvalue weighted by Crippen LogP contribution is -2.43.